The first-order valence-electron chi connectivity index (χ1n) is 7.10. The summed E-state index contributed by atoms with van der Waals surface area (Å²) in [6, 6.07) is 13.6. The van der Waals surface area contributed by atoms with Crippen molar-refractivity contribution in [1.29, 1.82) is 0 Å². The Morgan fingerprint density at radius 2 is 1.57 bits per heavy atom. The lowest BCUT2D eigenvalue weighted by atomic mass is 9.94. The van der Waals surface area contributed by atoms with Crippen LogP contribution in [0.25, 0.3) is 28.3 Å². The van der Waals surface area contributed by atoms with E-state index in [2.05, 4.69) is 9.97 Å². The molecule has 112 valence electrons. The molecular weight excluding hydrogens is 288 g/mol. The summed E-state index contributed by atoms with van der Waals surface area (Å²) >= 11 is 0. The second-order valence-electron chi connectivity index (χ2n) is 4.96. The fourth-order valence-corrected chi connectivity index (χ4v) is 2.37. The zero-order valence-corrected chi connectivity index (χ0v) is 12.3. The number of aliphatic carboxylic acids is 1. The van der Waals surface area contributed by atoms with Crippen LogP contribution in [0.4, 0.5) is 0 Å². The van der Waals surface area contributed by atoms with Gasteiger partial charge in [0.25, 0.3) is 0 Å². The Hall–Kier alpha value is -3.27. The summed E-state index contributed by atoms with van der Waals surface area (Å²) in [6.45, 7) is 0. The molecule has 1 aromatic carbocycles. The van der Waals surface area contributed by atoms with E-state index in [1.54, 1.807) is 24.7 Å². The molecule has 23 heavy (non-hydrogen) atoms. The van der Waals surface area contributed by atoms with Crippen LogP contribution in [0.3, 0.4) is 0 Å². The maximum Gasteiger partial charge on any atom is 0.328 e. The molecule has 4 heteroatoms. The molecule has 0 unspecified atom stereocenters. The van der Waals surface area contributed by atoms with Crippen LogP contribution in [-0.2, 0) is 4.79 Å². The summed E-state index contributed by atoms with van der Waals surface area (Å²) in [5, 5.41) is 8.79. The van der Waals surface area contributed by atoms with Crippen molar-refractivity contribution in [2.75, 3.05) is 0 Å². The van der Waals surface area contributed by atoms with Crippen molar-refractivity contribution in [1.82, 2.24) is 9.97 Å². The third-order valence-electron chi connectivity index (χ3n) is 3.41. The van der Waals surface area contributed by atoms with E-state index in [1.807, 2.05) is 48.7 Å². The standard InChI is InChI=1S/C19H14N2O2/c22-19(23)8-6-14-5-7-17(15-3-1-9-20-12-15)18(11-14)16-4-2-10-21-13-16/h1-13H,(H,22,23). The zero-order valence-electron chi connectivity index (χ0n) is 12.3. The molecule has 3 aromatic rings. The van der Waals surface area contributed by atoms with Gasteiger partial charge >= 0.3 is 5.97 Å². The first-order valence-corrected chi connectivity index (χ1v) is 7.10. The molecule has 0 aliphatic heterocycles. The van der Waals surface area contributed by atoms with E-state index in [0.717, 1.165) is 33.9 Å². The molecule has 0 aliphatic carbocycles. The predicted octanol–water partition coefficient (Wildman–Crippen LogP) is 3.91. The van der Waals surface area contributed by atoms with Gasteiger partial charge in [-0.25, -0.2) is 4.79 Å². The highest BCUT2D eigenvalue weighted by Crippen LogP contribution is 2.32. The Morgan fingerprint density at radius 3 is 2.13 bits per heavy atom. The highest BCUT2D eigenvalue weighted by molar-refractivity contribution is 5.88. The van der Waals surface area contributed by atoms with Gasteiger partial charge in [0.05, 0.1) is 0 Å². The van der Waals surface area contributed by atoms with Gasteiger partial charge in [0.1, 0.15) is 0 Å². The second-order valence-corrected chi connectivity index (χ2v) is 4.96. The van der Waals surface area contributed by atoms with Crippen molar-refractivity contribution in [3.8, 4) is 22.3 Å². The van der Waals surface area contributed by atoms with Crippen molar-refractivity contribution in [2.45, 2.75) is 0 Å². The number of hydrogen-bond acceptors (Lipinski definition) is 3. The number of hydrogen-bond donors (Lipinski definition) is 1. The average molecular weight is 302 g/mol. The van der Waals surface area contributed by atoms with Crippen LogP contribution in [0.5, 0.6) is 0 Å². The summed E-state index contributed by atoms with van der Waals surface area (Å²) in [7, 11) is 0. The highest BCUT2D eigenvalue weighted by atomic mass is 16.4. The first-order chi connectivity index (χ1) is 11.2. The summed E-state index contributed by atoms with van der Waals surface area (Å²) in [5.41, 5.74) is 4.80. The Kier molecular flexibility index (Phi) is 4.25. The smallest absolute Gasteiger partial charge is 0.328 e. The molecule has 0 amide bonds. The molecule has 4 nitrogen and oxygen atoms in total. The van der Waals surface area contributed by atoms with Gasteiger partial charge in [-0.05, 0) is 41.0 Å². The second kappa shape index (κ2) is 6.66. The molecule has 2 aromatic heterocycles. The minimum absolute atomic E-state index is 0.818. The summed E-state index contributed by atoms with van der Waals surface area (Å²) in [5.74, 6) is -0.968. The molecule has 0 aliphatic rings. The molecule has 0 fully saturated rings. The lowest BCUT2D eigenvalue weighted by Gasteiger charge is -2.11. The number of carboxylic acids is 1. The number of aromatic nitrogens is 2. The predicted molar refractivity (Wildman–Crippen MR) is 89.6 cm³/mol. The monoisotopic (exact) mass is 302 g/mol. The minimum atomic E-state index is -0.968. The summed E-state index contributed by atoms with van der Waals surface area (Å²) in [6.07, 6.45) is 9.77. The van der Waals surface area contributed by atoms with Crippen LogP contribution >= 0.6 is 0 Å². The molecule has 0 saturated carbocycles. The van der Waals surface area contributed by atoms with E-state index < -0.39 is 5.97 Å². The van der Waals surface area contributed by atoms with Crippen molar-refractivity contribution in [2.24, 2.45) is 0 Å². The zero-order chi connectivity index (χ0) is 16.1. The first kappa shape index (κ1) is 14.7. The van der Waals surface area contributed by atoms with Crippen LogP contribution in [-0.4, -0.2) is 21.0 Å². The minimum Gasteiger partial charge on any atom is -0.478 e. The average Bonchev–Trinajstić information content (AvgIpc) is 2.61. The van der Waals surface area contributed by atoms with Gasteiger partial charge in [-0.2, -0.15) is 0 Å². The van der Waals surface area contributed by atoms with Crippen LogP contribution in [0, 0.1) is 0 Å². The Balaban J connectivity index is 2.15. The van der Waals surface area contributed by atoms with E-state index in [9.17, 15) is 4.79 Å². The van der Waals surface area contributed by atoms with Crippen molar-refractivity contribution in [3.63, 3.8) is 0 Å². The molecule has 0 spiro atoms. The van der Waals surface area contributed by atoms with E-state index in [1.165, 1.54) is 0 Å². The maximum atomic E-state index is 10.7. The van der Waals surface area contributed by atoms with Gasteiger partial charge in [-0.3, -0.25) is 9.97 Å². The number of pyridine rings is 2. The van der Waals surface area contributed by atoms with Gasteiger partial charge < -0.3 is 5.11 Å². The topological polar surface area (TPSA) is 63.1 Å². The van der Waals surface area contributed by atoms with Crippen molar-refractivity contribution in [3.05, 3.63) is 78.9 Å². The molecule has 0 saturated heterocycles. The van der Waals surface area contributed by atoms with Crippen LogP contribution < -0.4 is 0 Å². The Labute approximate surface area is 133 Å². The quantitative estimate of drug-likeness (QED) is 0.742. The lowest BCUT2D eigenvalue weighted by Crippen LogP contribution is -1.89. The van der Waals surface area contributed by atoms with Gasteiger partial charge in [0.2, 0.25) is 0 Å². The molecule has 0 radical (unpaired) electrons. The Morgan fingerprint density at radius 1 is 0.913 bits per heavy atom. The van der Waals surface area contributed by atoms with Gasteiger partial charge in [-0.15, -0.1) is 0 Å². The maximum absolute atomic E-state index is 10.7. The van der Waals surface area contributed by atoms with Crippen LogP contribution in [0.1, 0.15) is 5.56 Å². The third kappa shape index (κ3) is 3.49. The molecule has 3 rings (SSSR count). The molecular formula is C19H14N2O2. The van der Waals surface area contributed by atoms with Gasteiger partial charge in [-0.1, -0.05) is 24.3 Å². The van der Waals surface area contributed by atoms with Crippen LogP contribution in [0.2, 0.25) is 0 Å². The van der Waals surface area contributed by atoms with Gasteiger partial charge in [0.15, 0.2) is 0 Å². The highest BCUT2D eigenvalue weighted by Gasteiger charge is 2.08. The molecule has 0 bridgehead atoms. The number of nitrogens with zero attached hydrogens (tertiary/aromatic N) is 2. The SMILES string of the molecule is O=C(O)C=Cc1ccc(-c2cccnc2)c(-c2cccnc2)c1. The van der Waals surface area contributed by atoms with E-state index in [4.69, 9.17) is 5.11 Å². The third-order valence-corrected chi connectivity index (χ3v) is 3.41. The number of benzene rings is 1. The fraction of sp³-hybridized carbons (Fsp3) is 0. The molecule has 2 heterocycles. The van der Waals surface area contributed by atoms with Crippen LogP contribution in [0.15, 0.2) is 73.3 Å². The number of carbonyl (C=O) groups is 1. The molecule has 0 atom stereocenters. The Bertz CT molecular complexity index is 844. The van der Waals surface area contributed by atoms with E-state index in [-0.39, 0.29) is 0 Å². The van der Waals surface area contributed by atoms with E-state index in [0.29, 0.717) is 0 Å². The fourth-order valence-electron chi connectivity index (χ4n) is 2.37. The number of rotatable bonds is 4. The summed E-state index contributed by atoms with van der Waals surface area (Å²) in [4.78, 5) is 19.1. The van der Waals surface area contributed by atoms with Crippen molar-refractivity contribution >= 4 is 12.0 Å². The van der Waals surface area contributed by atoms with Crippen molar-refractivity contribution < 1.29 is 9.90 Å². The van der Waals surface area contributed by atoms with Gasteiger partial charge in [0, 0.05) is 42.0 Å². The summed E-state index contributed by atoms with van der Waals surface area (Å²) < 4.78 is 0. The molecule has 1 N–H and O–H groups in total. The largest absolute Gasteiger partial charge is 0.478 e. The lowest BCUT2D eigenvalue weighted by molar-refractivity contribution is -0.131. The van der Waals surface area contributed by atoms with E-state index >= 15 is 0 Å². The normalized spacial score (nSPS) is 10.8. The number of carboxylic acid groups (broad SMARTS) is 1.